The first kappa shape index (κ1) is 15.1. The standard InChI is InChI=1S/C14H19N3O2/c1-3-11-5-7-12(8-6-11)13(16-17-15)9-10-14(18)19-4-2/h5-8,13H,3-4,9-10H2,1-2H3. The van der Waals surface area contributed by atoms with Gasteiger partial charge in [-0.05, 0) is 36.4 Å². The molecule has 1 aromatic rings. The van der Waals surface area contributed by atoms with Gasteiger partial charge in [0.05, 0.1) is 12.6 Å². The van der Waals surface area contributed by atoms with E-state index in [1.165, 1.54) is 5.56 Å². The van der Waals surface area contributed by atoms with Crippen molar-refractivity contribution in [2.75, 3.05) is 6.61 Å². The van der Waals surface area contributed by atoms with Crippen LogP contribution in [0, 0.1) is 0 Å². The summed E-state index contributed by atoms with van der Waals surface area (Å²) in [7, 11) is 0. The van der Waals surface area contributed by atoms with Crippen molar-refractivity contribution in [1.29, 1.82) is 0 Å². The SMILES string of the molecule is CCOC(=O)CCC(N=[N+]=[N-])c1ccc(CC)cc1. The Morgan fingerprint density at radius 3 is 2.58 bits per heavy atom. The second-order valence-electron chi connectivity index (χ2n) is 4.16. The number of esters is 1. The minimum absolute atomic E-state index is 0.257. The third-order valence-electron chi connectivity index (χ3n) is 2.89. The summed E-state index contributed by atoms with van der Waals surface area (Å²) in [5, 5.41) is 3.75. The van der Waals surface area contributed by atoms with E-state index in [4.69, 9.17) is 10.3 Å². The van der Waals surface area contributed by atoms with E-state index in [-0.39, 0.29) is 18.4 Å². The minimum atomic E-state index is -0.319. The van der Waals surface area contributed by atoms with Crippen molar-refractivity contribution in [3.63, 3.8) is 0 Å². The van der Waals surface area contributed by atoms with Crippen LogP contribution < -0.4 is 0 Å². The first-order chi connectivity index (χ1) is 9.21. The van der Waals surface area contributed by atoms with Gasteiger partial charge in [0.15, 0.2) is 0 Å². The Bertz CT molecular complexity index is 450. The average Bonchev–Trinajstić information content (AvgIpc) is 2.44. The second kappa shape index (κ2) is 8.16. The normalized spacial score (nSPS) is 11.5. The van der Waals surface area contributed by atoms with Crippen molar-refractivity contribution in [1.82, 2.24) is 0 Å². The molecule has 0 heterocycles. The highest BCUT2D eigenvalue weighted by atomic mass is 16.5. The predicted molar refractivity (Wildman–Crippen MR) is 73.6 cm³/mol. The lowest BCUT2D eigenvalue weighted by Crippen LogP contribution is -2.06. The van der Waals surface area contributed by atoms with Crippen molar-refractivity contribution in [3.05, 3.63) is 45.8 Å². The number of aryl methyl sites for hydroxylation is 1. The molecule has 0 saturated heterocycles. The summed E-state index contributed by atoms with van der Waals surface area (Å²) in [6.45, 7) is 4.23. The van der Waals surface area contributed by atoms with Crippen LogP contribution in [0.3, 0.4) is 0 Å². The van der Waals surface area contributed by atoms with Crippen molar-refractivity contribution >= 4 is 5.97 Å². The smallest absolute Gasteiger partial charge is 0.305 e. The number of nitrogens with zero attached hydrogens (tertiary/aromatic N) is 3. The number of azide groups is 1. The largest absolute Gasteiger partial charge is 0.466 e. The summed E-state index contributed by atoms with van der Waals surface area (Å²) >= 11 is 0. The summed E-state index contributed by atoms with van der Waals surface area (Å²) < 4.78 is 4.87. The first-order valence-corrected chi connectivity index (χ1v) is 6.49. The highest BCUT2D eigenvalue weighted by molar-refractivity contribution is 5.69. The lowest BCUT2D eigenvalue weighted by molar-refractivity contribution is -0.143. The molecule has 1 rings (SSSR count). The Balaban J connectivity index is 2.70. The molecule has 102 valence electrons. The van der Waals surface area contributed by atoms with Crippen molar-refractivity contribution in [2.24, 2.45) is 5.11 Å². The van der Waals surface area contributed by atoms with E-state index in [9.17, 15) is 4.79 Å². The molecule has 1 atom stereocenters. The topological polar surface area (TPSA) is 75.1 Å². The molecule has 5 nitrogen and oxygen atoms in total. The van der Waals surface area contributed by atoms with Crippen LogP contribution in [0.5, 0.6) is 0 Å². The van der Waals surface area contributed by atoms with E-state index in [1.54, 1.807) is 6.92 Å². The number of carbonyl (C=O) groups is 1. The fourth-order valence-electron chi connectivity index (χ4n) is 1.82. The van der Waals surface area contributed by atoms with Crippen LogP contribution in [-0.2, 0) is 16.0 Å². The molecule has 0 saturated carbocycles. The van der Waals surface area contributed by atoms with Gasteiger partial charge in [-0.3, -0.25) is 4.79 Å². The maximum absolute atomic E-state index is 11.3. The van der Waals surface area contributed by atoms with Gasteiger partial charge >= 0.3 is 5.97 Å². The molecule has 19 heavy (non-hydrogen) atoms. The van der Waals surface area contributed by atoms with Gasteiger partial charge < -0.3 is 4.74 Å². The molecular formula is C14H19N3O2. The van der Waals surface area contributed by atoms with Crippen LogP contribution >= 0.6 is 0 Å². The average molecular weight is 261 g/mol. The summed E-state index contributed by atoms with van der Waals surface area (Å²) in [6.07, 6.45) is 1.69. The first-order valence-electron chi connectivity index (χ1n) is 6.49. The molecule has 0 radical (unpaired) electrons. The van der Waals surface area contributed by atoms with Crippen LogP contribution in [0.4, 0.5) is 0 Å². The molecule has 0 spiro atoms. The fraction of sp³-hybridized carbons (Fsp3) is 0.500. The molecule has 1 unspecified atom stereocenters. The molecule has 0 N–H and O–H groups in total. The number of carbonyl (C=O) groups excluding carboxylic acids is 1. The fourth-order valence-corrected chi connectivity index (χ4v) is 1.82. The zero-order valence-electron chi connectivity index (χ0n) is 11.4. The molecule has 1 aromatic carbocycles. The Labute approximate surface area is 113 Å². The molecule has 0 aliphatic heterocycles. The van der Waals surface area contributed by atoms with E-state index in [0.29, 0.717) is 13.0 Å². The molecule has 0 aromatic heterocycles. The minimum Gasteiger partial charge on any atom is -0.466 e. The van der Waals surface area contributed by atoms with E-state index < -0.39 is 0 Å². The Hall–Kier alpha value is -2.00. The highest BCUT2D eigenvalue weighted by Gasteiger charge is 2.12. The summed E-state index contributed by atoms with van der Waals surface area (Å²) in [6, 6.07) is 7.60. The third-order valence-corrected chi connectivity index (χ3v) is 2.89. The molecule has 0 fully saturated rings. The van der Waals surface area contributed by atoms with Crippen molar-refractivity contribution in [2.45, 2.75) is 39.2 Å². The monoisotopic (exact) mass is 261 g/mol. The van der Waals surface area contributed by atoms with Crippen LogP contribution in [0.1, 0.15) is 43.9 Å². The quantitative estimate of drug-likeness (QED) is 0.322. The van der Waals surface area contributed by atoms with Crippen molar-refractivity contribution < 1.29 is 9.53 Å². The third kappa shape index (κ3) is 5.02. The van der Waals surface area contributed by atoms with Gasteiger partial charge in [-0.1, -0.05) is 36.3 Å². The molecule has 0 bridgehead atoms. The van der Waals surface area contributed by atoms with E-state index in [0.717, 1.165) is 12.0 Å². The number of rotatable bonds is 7. The van der Waals surface area contributed by atoms with Crippen LogP contribution in [-0.4, -0.2) is 12.6 Å². The zero-order chi connectivity index (χ0) is 14.1. The lowest BCUT2D eigenvalue weighted by Gasteiger charge is -2.11. The molecular weight excluding hydrogens is 242 g/mol. The molecule has 0 aliphatic rings. The lowest BCUT2D eigenvalue weighted by atomic mass is 10.0. The number of hydrogen-bond donors (Lipinski definition) is 0. The zero-order valence-corrected chi connectivity index (χ0v) is 11.4. The summed E-state index contributed by atoms with van der Waals surface area (Å²) in [5.74, 6) is -0.259. The Morgan fingerprint density at radius 2 is 2.05 bits per heavy atom. The maximum atomic E-state index is 11.3. The van der Waals surface area contributed by atoms with E-state index in [1.807, 2.05) is 24.3 Å². The summed E-state index contributed by atoms with van der Waals surface area (Å²) in [5.41, 5.74) is 10.8. The predicted octanol–water partition coefficient (Wildman–Crippen LogP) is 3.94. The van der Waals surface area contributed by atoms with Gasteiger partial charge in [0.25, 0.3) is 0 Å². The van der Waals surface area contributed by atoms with Gasteiger partial charge in [0.1, 0.15) is 0 Å². The number of ether oxygens (including phenoxy) is 1. The van der Waals surface area contributed by atoms with Crippen LogP contribution in [0.2, 0.25) is 0 Å². The highest BCUT2D eigenvalue weighted by Crippen LogP contribution is 2.23. The van der Waals surface area contributed by atoms with Gasteiger partial charge in [-0.15, -0.1) is 0 Å². The van der Waals surface area contributed by atoms with Gasteiger partial charge in [0, 0.05) is 11.3 Å². The van der Waals surface area contributed by atoms with E-state index in [2.05, 4.69) is 16.9 Å². The number of hydrogen-bond acceptors (Lipinski definition) is 3. The second-order valence-corrected chi connectivity index (χ2v) is 4.16. The molecule has 0 amide bonds. The molecule has 0 aliphatic carbocycles. The maximum Gasteiger partial charge on any atom is 0.305 e. The molecule has 5 heteroatoms. The Kier molecular flexibility index (Phi) is 6.47. The van der Waals surface area contributed by atoms with Crippen molar-refractivity contribution in [3.8, 4) is 0 Å². The van der Waals surface area contributed by atoms with E-state index >= 15 is 0 Å². The van der Waals surface area contributed by atoms with Gasteiger partial charge in [0.2, 0.25) is 0 Å². The van der Waals surface area contributed by atoms with Gasteiger partial charge in [-0.25, -0.2) is 0 Å². The van der Waals surface area contributed by atoms with Crippen LogP contribution in [0.25, 0.3) is 10.4 Å². The summed E-state index contributed by atoms with van der Waals surface area (Å²) in [4.78, 5) is 14.2. The van der Waals surface area contributed by atoms with Gasteiger partial charge in [-0.2, -0.15) is 0 Å². The number of benzene rings is 1. The van der Waals surface area contributed by atoms with Crippen LogP contribution in [0.15, 0.2) is 29.4 Å². The Morgan fingerprint density at radius 1 is 1.37 bits per heavy atom.